The number of hydrogen-bond acceptors (Lipinski definition) is 3. The number of aryl methyl sites for hydroxylation is 1. The van der Waals surface area contributed by atoms with Gasteiger partial charge < -0.3 is 9.26 Å². The minimum atomic E-state index is -0.485. The van der Waals surface area contributed by atoms with Gasteiger partial charge in [-0.2, -0.15) is 0 Å². The molecule has 0 spiro atoms. The van der Waals surface area contributed by atoms with Gasteiger partial charge in [0, 0.05) is 6.07 Å². The average molecular weight is 154 g/mol. The van der Waals surface area contributed by atoms with Crippen LogP contribution in [0.15, 0.2) is 10.6 Å². The highest BCUT2D eigenvalue weighted by Gasteiger charge is 2.24. The zero-order valence-corrected chi connectivity index (χ0v) is 7.05. The van der Waals surface area contributed by atoms with Gasteiger partial charge in [0.25, 0.3) is 0 Å². The van der Waals surface area contributed by atoms with E-state index in [0.717, 1.165) is 5.69 Å². The third-order valence-corrected chi connectivity index (χ3v) is 1.58. The van der Waals surface area contributed by atoms with Crippen LogP contribution in [0.4, 0.5) is 0 Å². The van der Waals surface area contributed by atoms with Gasteiger partial charge in [0.2, 0.25) is 0 Å². The summed E-state index contributed by atoms with van der Waals surface area (Å²) in [6.07, 6.45) is 0. The van der Waals surface area contributed by atoms with Crippen molar-refractivity contribution in [2.24, 2.45) is 0 Å². The van der Waals surface area contributed by atoms with Crippen LogP contribution < -0.4 is 0 Å². The number of rotatable bonds is 2. The molecular weight excluding hydrogens is 142 g/mol. The van der Waals surface area contributed by atoms with E-state index in [1.807, 2.05) is 26.8 Å². The van der Waals surface area contributed by atoms with Crippen molar-refractivity contribution in [2.75, 3.05) is 0 Å². The largest absolute Gasteiger partial charge is 0.365 e. The van der Waals surface area contributed by atoms with Gasteiger partial charge in [-0.3, -0.25) is 0 Å². The van der Waals surface area contributed by atoms with Crippen LogP contribution in [0.1, 0.15) is 25.3 Å². The van der Waals surface area contributed by atoms with Crippen molar-refractivity contribution >= 4 is 0 Å². The fraction of sp³-hybridized carbons (Fsp3) is 0.500. The summed E-state index contributed by atoms with van der Waals surface area (Å²) in [5, 5.41) is 3.75. The maximum Gasteiger partial charge on any atom is 0.168 e. The van der Waals surface area contributed by atoms with Crippen molar-refractivity contribution < 1.29 is 9.26 Å². The molecule has 0 saturated heterocycles. The van der Waals surface area contributed by atoms with Crippen LogP contribution >= 0.6 is 0 Å². The molecule has 1 radical (unpaired) electrons. The molecule has 3 nitrogen and oxygen atoms in total. The number of aromatic nitrogens is 1. The van der Waals surface area contributed by atoms with Crippen molar-refractivity contribution in [3.63, 3.8) is 0 Å². The van der Waals surface area contributed by atoms with Crippen molar-refractivity contribution in [3.8, 4) is 0 Å². The monoisotopic (exact) mass is 154 g/mol. The van der Waals surface area contributed by atoms with Gasteiger partial charge in [0.05, 0.1) is 12.8 Å². The minimum Gasteiger partial charge on any atom is -0.365 e. The highest BCUT2D eigenvalue weighted by Crippen LogP contribution is 2.24. The maximum absolute atomic E-state index is 5.00. The maximum atomic E-state index is 5.00. The molecular formula is C8H12NO2. The first-order valence-electron chi connectivity index (χ1n) is 3.43. The molecule has 0 saturated carbocycles. The molecule has 61 valence electrons. The molecule has 3 heteroatoms. The molecule has 0 aliphatic carbocycles. The fourth-order valence-corrected chi connectivity index (χ4v) is 0.718. The van der Waals surface area contributed by atoms with Crippen molar-refractivity contribution in [1.82, 2.24) is 5.16 Å². The Morgan fingerprint density at radius 2 is 2.27 bits per heavy atom. The molecule has 11 heavy (non-hydrogen) atoms. The lowest BCUT2D eigenvalue weighted by Crippen LogP contribution is -2.17. The Labute approximate surface area is 66.3 Å². The highest BCUT2D eigenvalue weighted by molar-refractivity contribution is 5.09. The molecule has 0 unspecified atom stereocenters. The van der Waals surface area contributed by atoms with Crippen LogP contribution in [0, 0.1) is 14.0 Å². The molecule has 0 N–H and O–H groups in total. The lowest BCUT2D eigenvalue weighted by Gasteiger charge is -2.17. The Morgan fingerprint density at radius 3 is 2.64 bits per heavy atom. The fourth-order valence-electron chi connectivity index (χ4n) is 0.718. The lowest BCUT2D eigenvalue weighted by atomic mass is 10.1. The van der Waals surface area contributed by atoms with Crippen LogP contribution in [-0.4, -0.2) is 5.16 Å². The molecule has 0 atom stereocenters. The van der Waals surface area contributed by atoms with Crippen LogP contribution in [0.2, 0.25) is 0 Å². The Hall–Kier alpha value is -0.830. The van der Waals surface area contributed by atoms with Crippen LogP contribution in [-0.2, 0) is 10.3 Å². The summed E-state index contributed by atoms with van der Waals surface area (Å²) in [6, 6.07) is 1.84. The van der Waals surface area contributed by atoms with Gasteiger partial charge in [-0.25, -0.2) is 0 Å². The summed E-state index contributed by atoms with van der Waals surface area (Å²) in [7, 11) is 3.36. The van der Waals surface area contributed by atoms with E-state index in [1.54, 1.807) is 0 Å². The number of nitrogens with zero attached hydrogens (tertiary/aromatic N) is 1. The molecule has 0 amide bonds. The summed E-state index contributed by atoms with van der Waals surface area (Å²) >= 11 is 0. The number of hydrogen-bond donors (Lipinski definition) is 0. The topological polar surface area (TPSA) is 35.3 Å². The van der Waals surface area contributed by atoms with Crippen LogP contribution in [0.25, 0.3) is 0 Å². The smallest absolute Gasteiger partial charge is 0.168 e. The van der Waals surface area contributed by atoms with Crippen molar-refractivity contribution in [3.05, 3.63) is 24.6 Å². The van der Waals surface area contributed by atoms with Crippen LogP contribution in [0.5, 0.6) is 0 Å². The normalized spacial score (nSPS) is 12.0. The molecule has 1 rings (SSSR count). The Balaban J connectivity index is 2.92. The molecule has 0 aliphatic heterocycles. The first kappa shape index (κ1) is 8.27. The van der Waals surface area contributed by atoms with Gasteiger partial charge >= 0.3 is 0 Å². The Morgan fingerprint density at radius 1 is 1.64 bits per heavy atom. The third kappa shape index (κ3) is 1.60. The van der Waals surface area contributed by atoms with E-state index in [-0.39, 0.29) is 0 Å². The van der Waals surface area contributed by atoms with E-state index in [4.69, 9.17) is 9.26 Å². The first-order valence-corrected chi connectivity index (χ1v) is 3.43. The van der Waals surface area contributed by atoms with Gasteiger partial charge in [-0.1, -0.05) is 5.16 Å². The van der Waals surface area contributed by atoms with Gasteiger partial charge in [-0.05, 0) is 20.8 Å². The molecule has 1 heterocycles. The molecule has 0 bridgehead atoms. The molecule has 1 aromatic heterocycles. The average Bonchev–Trinajstić information content (AvgIpc) is 2.36. The SMILES string of the molecule is [CH2]OC(C)(C)c1cc(C)no1. The molecule has 0 fully saturated rings. The second-order valence-electron chi connectivity index (χ2n) is 2.99. The summed E-state index contributed by atoms with van der Waals surface area (Å²) < 4.78 is 9.96. The highest BCUT2D eigenvalue weighted by atomic mass is 16.5. The van der Waals surface area contributed by atoms with E-state index >= 15 is 0 Å². The number of ether oxygens (including phenoxy) is 1. The Kier molecular flexibility index (Phi) is 2.00. The zero-order valence-electron chi connectivity index (χ0n) is 7.05. The summed E-state index contributed by atoms with van der Waals surface area (Å²) in [5.41, 5.74) is 0.367. The van der Waals surface area contributed by atoms with E-state index in [9.17, 15) is 0 Å². The van der Waals surface area contributed by atoms with Gasteiger partial charge in [0.15, 0.2) is 5.76 Å². The van der Waals surface area contributed by atoms with Crippen molar-refractivity contribution in [2.45, 2.75) is 26.4 Å². The first-order chi connectivity index (χ1) is 5.06. The van der Waals surface area contributed by atoms with E-state index in [0.29, 0.717) is 5.76 Å². The zero-order chi connectivity index (χ0) is 8.48. The summed E-state index contributed by atoms with van der Waals surface area (Å²) in [4.78, 5) is 0. The minimum absolute atomic E-state index is 0.485. The second kappa shape index (κ2) is 2.66. The Bertz CT molecular complexity index is 240. The van der Waals surface area contributed by atoms with Gasteiger partial charge in [0.1, 0.15) is 5.60 Å². The van der Waals surface area contributed by atoms with E-state index in [2.05, 4.69) is 12.3 Å². The predicted octanol–water partition coefficient (Wildman–Crippen LogP) is 2.03. The third-order valence-electron chi connectivity index (χ3n) is 1.58. The molecule has 0 aromatic carbocycles. The summed E-state index contributed by atoms with van der Waals surface area (Å²) in [6.45, 7) is 5.62. The quantitative estimate of drug-likeness (QED) is 0.653. The van der Waals surface area contributed by atoms with Crippen LogP contribution in [0.3, 0.4) is 0 Å². The molecule has 1 aromatic rings. The van der Waals surface area contributed by atoms with E-state index < -0.39 is 5.60 Å². The van der Waals surface area contributed by atoms with Crippen molar-refractivity contribution in [1.29, 1.82) is 0 Å². The predicted molar refractivity (Wildman–Crippen MR) is 40.7 cm³/mol. The van der Waals surface area contributed by atoms with Gasteiger partial charge in [-0.15, -0.1) is 0 Å². The second-order valence-corrected chi connectivity index (χ2v) is 2.99. The molecule has 0 aliphatic rings. The lowest BCUT2D eigenvalue weighted by molar-refractivity contribution is 0.0233. The standard InChI is InChI=1S/C8H12NO2/c1-6-5-7(11-9-6)8(2,3)10-4/h5H,4H2,1-3H3. The summed E-state index contributed by atoms with van der Waals surface area (Å²) in [5.74, 6) is 0.699. The van der Waals surface area contributed by atoms with E-state index in [1.165, 1.54) is 0 Å².